The molecule has 6 nitrogen and oxygen atoms in total. The molecule has 0 aliphatic heterocycles. The van der Waals surface area contributed by atoms with Crippen molar-refractivity contribution in [1.29, 1.82) is 0 Å². The molecule has 0 aliphatic rings. The number of esters is 1. The summed E-state index contributed by atoms with van der Waals surface area (Å²) in [5.41, 5.74) is 1.32. The van der Waals surface area contributed by atoms with E-state index in [1.165, 1.54) is 0 Å². The maximum atomic E-state index is 11.8. The Morgan fingerprint density at radius 3 is 2.64 bits per heavy atom. The lowest BCUT2D eigenvalue weighted by Gasteiger charge is -2.08. The third-order valence-corrected chi connectivity index (χ3v) is 3.38. The standard InChI is InChI=1S/C15H15BrN2O4/c1-2-21-14(19)13-12(11(16)8-17-13)18-15(20)22-9-10-6-4-3-5-7-10/h3-8,17H,2,9H2,1H3,(H,18,20). The topological polar surface area (TPSA) is 80.4 Å². The number of nitrogens with one attached hydrogen (secondary N) is 2. The molecular weight excluding hydrogens is 352 g/mol. The molecule has 0 unspecified atom stereocenters. The van der Waals surface area contributed by atoms with Crippen LogP contribution in [0.2, 0.25) is 0 Å². The van der Waals surface area contributed by atoms with Crippen molar-refractivity contribution in [2.75, 3.05) is 11.9 Å². The first-order chi connectivity index (χ1) is 10.6. The molecule has 116 valence electrons. The van der Waals surface area contributed by atoms with Gasteiger partial charge in [-0.2, -0.15) is 0 Å². The molecule has 22 heavy (non-hydrogen) atoms. The fraction of sp³-hybridized carbons (Fsp3) is 0.200. The molecule has 0 spiro atoms. The summed E-state index contributed by atoms with van der Waals surface area (Å²) in [4.78, 5) is 26.4. The van der Waals surface area contributed by atoms with Crippen molar-refractivity contribution in [3.8, 4) is 0 Å². The number of anilines is 1. The number of ether oxygens (including phenoxy) is 2. The molecule has 0 aliphatic carbocycles. The van der Waals surface area contributed by atoms with Gasteiger partial charge in [0.25, 0.3) is 0 Å². The van der Waals surface area contributed by atoms with E-state index < -0.39 is 12.1 Å². The Hall–Kier alpha value is -2.28. The minimum atomic E-state index is -0.658. The van der Waals surface area contributed by atoms with Crippen LogP contribution in [-0.4, -0.2) is 23.7 Å². The zero-order chi connectivity index (χ0) is 15.9. The van der Waals surface area contributed by atoms with E-state index >= 15 is 0 Å². The van der Waals surface area contributed by atoms with E-state index in [4.69, 9.17) is 9.47 Å². The number of carbonyl (C=O) groups is 2. The van der Waals surface area contributed by atoms with E-state index in [1.54, 1.807) is 13.1 Å². The number of carbonyl (C=O) groups excluding carboxylic acids is 2. The Balaban J connectivity index is 1.99. The zero-order valence-electron chi connectivity index (χ0n) is 11.9. The number of H-pyrrole nitrogens is 1. The Morgan fingerprint density at radius 1 is 1.23 bits per heavy atom. The lowest BCUT2D eigenvalue weighted by molar-refractivity contribution is 0.0521. The fourth-order valence-corrected chi connectivity index (χ4v) is 2.16. The minimum Gasteiger partial charge on any atom is -0.461 e. The molecule has 0 bridgehead atoms. The third kappa shape index (κ3) is 4.11. The maximum Gasteiger partial charge on any atom is 0.412 e. The van der Waals surface area contributed by atoms with Gasteiger partial charge in [0.2, 0.25) is 0 Å². The SMILES string of the molecule is CCOC(=O)c1[nH]cc(Br)c1NC(=O)OCc1ccccc1. The number of rotatable bonds is 5. The molecular formula is C15H15BrN2O4. The van der Waals surface area contributed by atoms with E-state index in [9.17, 15) is 9.59 Å². The van der Waals surface area contributed by atoms with Crippen molar-refractivity contribution >= 4 is 33.7 Å². The Labute approximate surface area is 135 Å². The van der Waals surface area contributed by atoms with Crippen LogP contribution in [0, 0.1) is 0 Å². The zero-order valence-corrected chi connectivity index (χ0v) is 13.5. The maximum absolute atomic E-state index is 11.8. The van der Waals surface area contributed by atoms with Crippen molar-refractivity contribution in [3.63, 3.8) is 0 Å². The number of amides is 1. The monoisotopic (exact) mass is 366 g/mol. The van der Waals surface area contributed by atoms with Crippen LogP contribution >= 0.6 is 15.9 Å². The van der Waals surface area contributed by atoms with Crippen molar-refractivity contribution in [2.24, 2.45) is 0 Å². The number of benzene rings is 1. The average Bonchev–Trinajstić information content (AvgIpc) is 2.88. The van der Waals surface area contributed by atoms with Crippen molar-refractivity contribution in [2.45, 2.75) is 13.5 Å². The second-order valence-electron chi connectivity index (χ2n) is 4.29. The normalized spacial score (nSPS) is 10.1. The van der Waals surface area contributed by atoms with E-state index in [1.807, 2.05) is 30.3 Å². The van der Waals surface area contributed by atoms with Gasteiger partial charge in [-0.1, -0.05) is 30.3 Å². The van der Waals surface area contributed by atoms with Crippen LogP contribution in [-0.2, 0) is 16.1 Å². The van der Waals surface area contributed by atoms with Crippen LogP contribution in [0.4, 0.5) is 10.5 Å². The smallest absolute Gasteiger partial charge is 0.412 e. The van der Waals surface area contributed by atoms with Gasteiger partial charge in [0.1, 0.15) is 12.3 Å². The largest absolute Gasteiger partial charge is 0.461 e. The van der Waals surface area contributed by atoms with Gasteiger partial charge in [-0.25, -0.2) is 9.59 Å². The summed E-state index contributed by atoms with van der Waals surface area (Å²) in [7, 11) is 0. The molecule has 0 saturated carbocycles. The van der Waals surface area contributed by atoms with Gasteiger partial charge in [0.15, 0.2) is 0 Å². The van der Waals surface area contributed by atoms with Crippen molar-refractivity contribution in [1.82, 2.24) is 4.98 Å². The van der Waals surface area contributed by atoms with Gasteiger partial charge in [0, 0.05) is 6.20 Å². The van der Waals surface area contributed by atoms with Crippen LogP contribution < -0.4 is 5.32 Å². The summed E-state index contributed by atoms with van der Waals surface area (Å²) in [6, 6.07) is 9.30. The lowest BCUT2D eigenvalue weighted by atomic mass is 10.2. The highest BCUT2D eigenvalue weighted by Crippen LogP contribution is 2.27. The lowest BCUT2D eigenvalue weighted by Crippen LogP contribution is -2.16. The van der Waals surface area contributed by atoms with E-state index in [-0.39, 0.29) is 24.6 Å². The number of aromatic amines is 1. The van der Waals surface area contributed by atoms with E-state index in [0.29, 0.717) is 4.47 Å². The highest BCUT2D eigenvalue weighted by molar-refractivity contribution is 9.10. The summed E-state index contributed by atoms with van der Waals surface area (Å²) in [6.07, 6.45) is 0.883. The van der Waals surface area contributed by atoms with Gasteiger partial charge in [0.05, 0.1) is 16.8 Å². The molecule has 0 atom stereocenters. The average molecular weight is 367 g/mol. The minimum absolute atomic E-state index is 0.142. The van der Waals surface area contributed by atoms with Crippen LogP contribution in [0.5, 0.6) is 0 Å². The second-order valence-corrected chi connectivity index (χ2v) is 5.15. The molecule has 1 heterocycles. The number of aromatic nitrogens is 1. The molecule has 0 saturated heterocycles. The van der Waals surface area contributed by atoms with E-state index in [2.05, 4.69) is 26.2 Å². The molecule has 1 amide bonds. The van der Waals surface area contributed by atoms with Crippen molar-refractivity contribution in [3.05, 3.63) is 52.3 Å². The van der Waals surface area contributed by atoms with Gasteiger partial charge < -0.3 is 14.5 Å². The van der Waals surface area contributed by atoms with Crippen LogP contribution in [0.3, 0.4) is 0 Å². The highest BCUT2D eigenvalue weighted by Gasteiger charge is 2.20. The van der Waals surface area contributed by atoms with Gasteiger partial charge in [-0.3, -0.25) is 5.32 Å². The fourth-order valence-electron chi connectivity index (χ4n) is 1.75. The Bertz CT molecular complexity index is 655. The number of hydrogen-bond acceptors (Lipinski definition) is 4. The number of hydrogen-bond donors (Lipinski definition) is 2. The first-order valence-electron chi connectivity index (χ1n) is 6.63. The predicted molar refractivity (Wildman–Crippen MR) is 84.7 cm³/mol. The summed E-state index contributed by atoms with van der Waals surface area (Å²) in [5, 5.41) is 2.53. The van der Waals surface area contributed by atoms with Crippen LogP contribution in [0.15, 0.2) is 41.0 Å². The van der Waals surface area contributed by atoms with Gasteiger partial charge >= 0.3 is 12.1 Å². The molecule has 2 aromatic rings. The Kier molecular flexibility index (Phi) is 5.60. The van der Waals surface area contributed by atoms with E-state index in [0.717, 1.165) is 5.56 Å². The summed E-state index contributed by atoms with van der Waals surface area (Å²) in [5.74, 6) is -0.549. The Morgan fingerprint density at radius 2 is 1.95 bits per heavy atom. The molecule has 0 fully saturated rings. The first-order valence-corrected chi connectivity index (χ1v) is 7.42. The molecule has 0 radical (unpaired) electrons. The number of halogens is 1. The quantitative estimate of drug-likeness (QED) is 0.790. The first kappa shape index (κ1) is 16.1. The molecule has 7 heteroatoms. The molecule has 1 aromatic carbocycles. The van der Waals surface area contributed by atoms with Gasteiger partial charge in [-0.05, 0) is 28.4 Å². The van der Waals surface area contributed by atoms with Crippen molar-refractivity contribution < 1.29 is 19.1 Å². The van der Waals surface area contributed by atoms with Gasteiger partial charge in [-0.15, -0.1) is 0 Å². The summed E-state index contributed by atoms with van der Waals surface area (Å²) >= 11 is 3.25. The molecule has 2 rings (SSSR count). The van der Waals surface area contributed by atoms with Crippen LogP contribution in [0.25, 0.3) is 0 Å². The molecule has 1 aromatic heterocycles. The summed E-state index contributed by atoms with van der Waals surface area (Å²) in [6.45, 7) is 2.09. The predicted octanol–water partition coefficient (Wildman–Crippen LogP) is 3.70. The van der Waals surface area contributed by atoms with Crippen LogP contribution in [0.1, 0.15) is 23.0 Å². The molecule has 2 N–H and O–H groups in total. The second kappa shape index (κ2) is 7.65. The third-order valence-electron chi connectivity index (χ3n) is 2.75. The highest BCUT2D eigenvalue weighted by atomic mass is 79.9. The summed E-state index contributed by atoms with van der Waals surface area (Å²) < 4.78 is 10.6.